The summed E-state index contributed by atoms with van der Waals surface area (Å²) in [6, 6.07) is 3.75. The van der Waals surface area contributed by atoms with Gasteiger partial charge in [-0.25, -0.2) is 0 Å². The SMILES string of the molecule is Cc1c(C(C)(C)C)c(C)c2oc3c([c-]c2c1C)c(C)c(C)c1c(C)c(=O)c(C)c(C)c13.[Rb+]. The molecule has 0 amide bonds. The molecular formula is C29H33O2Rb. The van der Waals surface area contributed by atoms with Crippen molar-refractivity contribution in [3.8, 4) is 0 Å². The monoisotopic (exact) mass is 498 g/mol. The summed E-state index contributed by atoms with van der Waals surface area (Å²) in [5.41, 5.74) is 11.9. The molecule has 0 aliphatic carbocycles. The summed E-state index contributed by atoms with van der Waals surface area (Å²) in [5, 5.41) is 4.17. The molecule has 4 rings (SSSR count). The van der Waals surface area contributed by atoms with Crippen LogP contribution < -0.4 is 63.6 Å². The fourth-order valence-corrected chi connectivity index (χ4v) is 5.56. The Morgan fingerprint density at radius 1 is 0.594 bits per heavy atom. The summed E-state index contributed by atoms with van der Waals surface area (Å²) >= 11 is 0. The van der Waals surface area contributed by atoms with Crippen molar-refractivity contribution in [2.24, 2.45) is 0 Å². The number of aryl methyl sites for hydroxylation is 6. The number of rotatable bonds is 0. The molecule has 2 nitrogen and oxygen atoms in total. The summed E-state index contributed by atoms with van der Waals surface area (Å²) < 4.78 is 6.80. The molecule has 3 heteroatoms. The van der Waals surface area contributed by atoms with Gasteiger partial charge in [-0.15, -0.1) is 17.2 Å². The van der Waals surface area contributed by atoms with Crippen molar-refractivity contribution in [1.82, 2.24) is 0 Å². The average Bonchev–Trinajstić information content (AvgIpc) is 2.69. The Bertz CT molecular complexity index is 1500. The van der Waals surface area contributed by atoms with Gasteiger partial charge < -0.3 is 4.42 Å². The van der Waals surface area contributed by atoms with Crippen LogP contribution in [0.2, 0.25) is 0 Å². The molecule has 0 bridgehead atoms. The molecule has 0 spiro atoms. The van der Waals surface area contributed by atoms with E-state index in [-0.39, 0.29) is 69.0 Å². The quantitative estimate of drug-likeness (QED) is 0.200. The molecule has 0 unspecified atom stereocenters. The van der Waals surface area contributed by atoms with E-state index in [2.05, 4.69) is 61.5 Å². The van der Waals surface area contributed by atoms with E-state index in [1.807, 2.05) is 20.8 Å². The van der Waals surface area contributed by atoms with Crippen molar-refractivity contribution >= 4 is 32.7 Å². The molecule has 162 valence electrons. The van der Waals surface area contributed by atoms with Crippen molar-refractivity contribution in [2.45, 2.75) is 81.6 Å². The zero-order valence-electron chi connectivity index (χ0n) is 21.8. The van der Waals surface area contributed by atoms with E-state index in [1.165, 1.54) is 22.3 Å². The minimum Gasteiger partial charge on any atom is -0.526 e. The maximum Gasteiger partial charge on any atom is 1.00 e. The normalized spacial score (nSPS) is 12.1. The van der Waals surface area contributed by atoms with Gasteiger partial charge in [-0.1, -0.05) is 56.5 Å². The first-order chi connectivity index (χ1) is 14.3. The summed E-state index contributed by atoms with van der Waals surface area (Å²) in [6.45, 7) is 23.5. The van der Waals surface area contributed by atoms with E-state index < -0.39 is 0 Å². The van der Waals surface area contributed by atoms with Crippen LogP contribution in [0.1, 0.15) is 70.8 Å². The van der Waals surface area contributed by atoms with E-state index in [9.17, 15) is 4.79 Å². The van der Waals surface area contributed by atoms with Gasteiger partial charge in [0.25, 0.3) is 0 Å². The number of fused-ring (bicyclic) bond motifs is 4. The molecule has 3 aromatic carbocycles. The van der Waals surface area contributed by atoms with Crippen LogP contribution in [0.3, 0.4) is 0 Å². The second kappa shape index (κ2) is 8.45. The van der Waals surface area contributed by atoms with Crippen LogP contribution in [-0.2, 0) is 5.41 Å². The first-order valence-electron chi connectivity index (χ1n) is 11.1. The zero-order chi connectivity index (χ0) is 23.2. The van der Waals surface area contributed by atoms with Gasteiger partial charge in [0.15, 0.2) is 5.43 Å². The van der Waals surface area contributed by atoms with Crippen LogP contribution in [0.15, 0.2) is 9.21 Å². The van der Waals surface area contributed by atoms with Crippen molar-refractivity contribution in [1.29, 1.82) is 0 Å². The predicted octanol–water partition coefficient (Wildman–Crippen LogP) is 4.67. The Morgan fingerprint density at radius 2 is 1.09 bits per heavy atom. The van der Waals surface area contributed by atoms with Gasteiger partial charge in [-0.3, -0.25) is 4.79 Å². The molecule has 32 heavy (non-hydrogen) atoms. The van der Waals surface area contributed by atoms with Crippen molar-refractivity contribution < 1.29 is 62.6 Å². The van der Waals surface area contributed by atoms with E-state index in [0.717, 1.165) is 60.5 Å². The molecule has 0 radical (unpaired) electrons. The van der Waals surface area contributed by atoms with E-state index in [1.54, 1.807) is 0 Å². The molecule has 0 fully saturated rings. The van der Waals surface area contributed by atoms with Crippen molar-refractivity contribution in [3.05, 3.63) is 66.4 Å². The van der Waals surface area contributed by atoms with Gasteiger partial charge in [0.2, 0.25) is 0 Å². The minimum absolute atomic E-state index is 0. The molecule has 0 saturated carbocycles. The predicted molar refractivity (Wildman–Crippen MR) is 133 cm³/mol. The molecule has 0 aliphatic heterocycles. The van der Waals surface area contributed by atoms with Crippen LogP contribution >= 0.6 is 0 Å². The molecule has 0 aliphatic rings. The summed E-state index contributed by atoms with van der Waals surface area (Å²) in [5.74, 6) is 0. The zero-order valence-corrected chi connectivity index (χ0v) is 26.7. The van der Waals surface area contributed by atoms with Crippen LogP contribution in [0.4, 0.5) is 0 Å². The topological polar surface area (TPSA) is 30.2 Å². The Kier molecular flexibility index (Phi) is 6.81. The maximum atomic E-state index is 12.9. The third kappa shape index (κ3) is 3.52. The third-order valence-corrected chi connectivity index (χ3v) is 7.47. The second-order valence-corrected chi connectivity index (χ2v) is 10.3. The fourth-order valence-electron chi connectivity index (χ4n) is 5.56. The number of benzene rings is 3. The molecule has 1 aromatic heterocycles. The smallest absolute Gasteiger partial charge is 0.526 e. The first kappa shape index (κ1) is 25.8. The summed E-state index contributed by atoms with van der Waals surface area (Å²) in [4.78, 5) is 12.9. The fraction of sp³-hybridized carbons (Fsp3) is 0.414. The summed E-state index contributed by atoms with van der Waals surface area (Å²) in [6.07, 6.45) is 0. The standard InChI is InChI=1S/C29H33O2.Rb/c1-13-15(3)23-19(7)26(30)18(6)16(4)24(23)28-22(13)12-21-14(2)17(5)25(29(9,10)11)20(8)27(21)31-28;/h1-11H3;/q-1;+1. The van der Waals surface area contributed by atoms with Crippen LogP contribution in [0, 0.1) is 61.5 Å². The minimum atomic E-state index is 0. The van der Waals surface area contributed by atoms with Gasteiger partial charge in [0, 0.05) is 5.56 Å². The van der Waals surface area contributed by atoms with Crippen molar-refractivity contribution in [3.63, 3.8) is 0 Å². The van der Waals surface area contributed by atoms with Gasteiger partial charge >= 0.3 is 58.2 Å². The Morgan fingerprint density at radius 3 is 1.66 bits per heavy atom. The Balaban J connectivity index is 0.00000289. The Labute approximate surface area is 240 Å². The molecule has 4 aromatic rings. The molecule has 1 heterocycles. The van der Waals surface area contributed by atoms with E-state index in [0.29, 0.717) is 0 Å². The largest absolute Gasteiger partial charge is 1.00 e. The van der Waals surface area contributed by atoms with E-state index >= 15 is 0 Å². The van der Waals surface area contributed by atoms with Gasteiger partial charge in [0.05, 0.1) is 11.2 Å². The molecule has 0 N–H and O–H groups in total. The first-order valence-corrected chi connectivity index (χ1v) is 11.1. The third-order valence-electron chi connectivity index (χ3n) is 7.47. The Hall–Kier alpha value is -0.805. The molecular weight excluding hydrogens is 466 g/mol. The average molecular weight is 499 g/mol. The van der Waals surface area contributed by atoms with Crippen LogP contribution in [-0.4, -0.2) is 0 Å². The van der Waals surface area contributed by atoms with Crippen LogP contribution in [0.25, 0.3) is 32.7 Å². The van der Waals surface area contributed by atoms with Gasteiger partial charge in [-0.05, 0) is 80.0 Å². The van der Waals surface area contributed by atoms with Crippen LogP contribution in [0.5, 0.6) is 0 Å². The second-order valence-electron chi connectivity index (χ2n) is 10.3. The maximum absolute atomic E-state index is 12.9. The van der Waals surface area contributed by atoms with Crippen molar-refractivity contribution in [2.75, 3.05) is 0 Å². The summed E-state index contributed by atoms with van der Waals surface area (Å²) in [7, 11) is 0. The number of hydrogen-bond donors (Lipinski definition) is 0. The number of hydrogen-bond acceptors (Lipinski definition) is 2. The van der Waals surface area contributed by atoms with E-state index in [4.69, 9.17) is 4.42 Å². The molecule has 0 atom stereocenters. The van der Waals surface area contributed by atoms with Gasteiger partial charge in [-0.2, -0.15) is 0 Å². The van der Waals surface area contributed by atoms with Gasteiger partial charge in [0.1, 0.15) is 0 Å². The molecule has 0 saturated heterocycles.